The van der Waals surface area contributed by atoms with E-state index in [4.69, 9.17) is 4.42 Å². The first-order valence-electron chi connectivity index (χ1n) is 19.8. The first-order valence-corrected chi connectivity index (χ1v) is 19.8. The molecule has 0 N–H and O–H groups in total. The SMILES string of the molecule is c1ccc(-c2ccc(-c3ccc(N(c4ccc(-c5cccc6ccccc56)cc4)c4ccccc4-c4cccc5oc6cc7ccccc7cc6c45)cc3)cc2)cc1. The second-order valence-electron chi connectivity index (χ2n) is 14.9. The van der Waals surface area contributed by atoms with Gasteiger partial charge in [-0.05, 0) is 109 Å². The Morgan fingerprint density at radius 3 is 1.52 bits per heavy atom. The van der Waals surface area contributed by atoms with Crippen molar-refractivity contribution in [2.45, 2.75) is 0 Å². The molecule has 0 fully saturated rings. The number of rotatable bonds is 7. The molecule has 0 amide bonds. The third kappa shape index (κ3) is 5.91. The summed E-state index contributed by atoms with van der Waals surface area (Å²) in [5.41, 5.74) is 14.5. The fourth-order valence-corrected chi connectivity index (χ4v) is 8.62. The Labute approximate surface area is 337 Å². The van der Waals surface area contributed by atoms with Crippen LogP contribution in [0.3, 0.4) is 0 Å². The molecule has 0 saturated heterocycles. The van der Waals surface area contributed by atoms with Crippen LogP contribution in [-0.4, -0.2) is 0 Å². The van der Waals surface area contributed by atoms with Crippen LogP contribution < -0.4 is 4.90 Å². The van der Waals surface area contributed by atoms with Gasteiger partial charge in [0.2, 0.25) is 0 Å². The van der Waals surface area contributed by atoms with Crippen LogP contribution in [0.2, 0.25) is 0 Å². The Balaban J connectivity index is 1.05. The van der Waals surface area contributed by atoms with Crippen molar-refractivity contribution in [3.8, 4) is 44.5 Å². The lowest BCUT2D eigenvalue weighted by molar-refractivity contribution is 0.669. The van der Waals surface area contributed by atoms with Crippen molar-refractivity contribution in [3.63, 3.8) is 0 Å². The fourth-order valence-electron chi connectivity index (χ4n) is 8.62. The molecule has 11 aromatic rings. The molecule has 2 heteroatoms. The van der Waals surface area contributed by atoms with Gasteiger partial charge in [0.15, 0.2) is 0 Å². The van der Waals surface area contributed by atoms with Gasteiger partial charge < -0.3 is 9.32 Å². The third-order valence-electron chi connectivity index (χ3n) is 11.5. The highest BCUT2D eigenvalue weighted by molar-refractivity contribution is 6.16. The Morgan fingerprint density at radius 2 is 0.793 bits per heavy atom. The highest BCUT2D eigenvalue weighted by atomic mass is 16.3. The average Bonchev–Trinajstić information content (AvgIpc) is 3.67. The van der Waals surface area contributed by atoms with Crippen LogP contribution in [0.1, 0.15) is 0 Å². The van der Waals surface area contributed by atoms with Crippen molar-refractivity contribution in [1.82, 2.24) is 0 Å². The maximum atomic E-state index is 6.55. The van der Waals surface area contributed by atoms with E-state index in [1.807, 2.05) is 0 Å². The van der Waals surface area contributed by atoms with E-state index in [-0.39, 0.29) is 0 Å². The number of para-hydroxylation sites is 1. The Bertz CT molecular complexity index is 3250. The highest BCUT2D eigenvalue weighted by Gasteiger charge is 2.21. The summed E-state index contributed by atoms with van der Waals surface area (Å²) in [6.45, 7) is 0. The van der Waals surface area contributed by atoms with E-state index >= 15 is 0 Å². The van der Waals surface area contributed by atoms with E-state index in [0.29, 0.717) is 0 Å². The Hall–Kier alpha value is -7.68. The van der Waals surface area contributed by atoms with Crippen LogP contribution in [0.15, 0.2) is 229 Å². The Morgan fingerprint density at radius 1 is 0.293 bits per heavy atom. The lowest BCUT2D eigenvalue weighted by atomic mass is 9.95. The summed E-state index contributed by atoms with van der Waals surface area (Å²) >= 11 is 0. The second-order valence-corrected chi connectivity index (χ2v) is 14.9. The predicted molar refractivity (Wildman–Crippen MR) is 245 cm³/mol. The largest absolute Gasteiger partial charge is 0.456 e. The van der Waals surface area contributed by atoms with Gasteiger partial charge >= 0.3 is 0 Å². The zero-order valence-electron chi connectivity index (χ0n) is 31.7. The normalized spacial score (nSPS) is 11.4. The third-order valence-corrected chi connectivity index (χ3v) is 11.5. The van der Waals surface area contributed by atoms with Gasteiger partial charge in [-0.3, -0.25) is 0 Å². The summed E-state index contributed by atoms with van der Waals surface area (Å²) in [4.78, 5) is 2.39. The zero-order valence-corrected chi connectivity index (χ0v) is 31.7. The van der Waals surface area contributed by atoms with E-state index in [1.54, 1.807) is 0 Å². The summed E-state index contributed by atoms with van der Waals surface area (Å²) in [5.74, 6) is 0. The number of furan rings is 1. The summed E-state index contributed by atoms with van der Waals surface area (Å²) < 4.78 is 6.55. The van der Waals surface area contributed by atoms with E-state index in [9.17, 15) is 0 Å². The number of hydrogen-bond donors (Lipinski definition) is 0. The summed E-state index contributed by atoms with van der Waals surface area (Å²) in [6.07, 6.45) is 0. The molecule has 0 bridgehead atoms. The zero-order chi connectivity index (χ0) is 38.4. The maximum Gasteiger partial charge on any atom is 0.136 e. The number of fused-ring (bicyclic) bond motifs is 5. The van der Waals surface area contributed by atoms with E-state index in [2.05, 4.69) is 229 Å². The van der Waals surface area contributed by atoms with E-state index < -0.39 is 0 Å². The van der Waals surface area contributed by atoms with Crippen LogP contribution in [0.25, 0.3) is 88.0 Å². The van der Waals surface area contributed by atoms with E-state index in [1.165, 1.54) is 54.9 Å². The molecule has 0 atom stereocenters. The van der Waals surface area contributed by atoms with Crippen LogP contribution in [0, 0.1) is 0 Å². The second kappa shape index (κ2) is 14.1. The molecular weight excluding hydrogens is 703 g/mol. The van der Waals surface area contributed by atoms with E-state index in [0.717, 1.165) is 50.1 Å². The van der Waals surface area contributed by atoms with Crippen LogP contribution >= 0.6 is 0 Å². The number of hydrogen-bond acceptors (Lipinski definition) is 2. The molecule has 0 spiro atoms. The fraction of sp³-hybridized carbons (Fsp3) is 0. The minimum absolute atomic E-state index is 0.881. The maximum absolute atomic E-state index is 6.55. The molecule has 10 aromatic carbocycles. The van der Waals surface area contributed by atoms with Crippen molar-refractivity contribution < 1.29 is 4.42 Å². The molecule has 1 heterocycles. The van der Waals surface area contributed by atoms with Gasteiger partial charge in [0, 0.05) is 27.7 Å². The molecular formula is C56H37NO. The summed E-state index contributed by atoms with van der Waals surface area (Å²) in [6, 6.07) is 80.7. The van der Waals surface area contributed by atoms with Gasteiger partial charge in [0.1, 0.15) is 11.2 Å². The molecule has 0 aliphatic rings. The molecule has 272 valence electrons. The van der Waals surface area contributed by atoms with Crippen molar-refractivity contribution in [3.05, 3.63) is 224 Å². The lowest BCUT2D eigenvalue weighted by Gasteiger charge is -2.28. The van der Waals surface area contributed by atoms with Crippen LogP contribution in [0.5, 0.6) is 0 Å². The van der Waals surface area contributed by atoms with Gasteiger partial charge in [-0.2, -0.15) is 0 Å². The lowest BCUT2D eigenvalue weighted by Crippen LogP contribution is -2.11. The molecule has 2 nitrogen and oxygen atoms in total. The molecule has 0 radical (unpaired) electrons. The number of benzene rings is 10. The minimum atomic E-state index is 0.881. The standard InChI is InChI=1S/C56H37NO/c1-2-12-38(13-3-1)39-24-26-40(27-25-39)41-28-32-46(33-29-41)57(47-34-30-43(31-35-47)49-20-10-17-42-14-6-7-18-48(42)49)53-22-9-8-19-50(53)51-21-11-23-54-56(51)52-36-44-15-4-5-16-45(44)37-55(52)58-54/h1-37H. The summed E-state index contributed by atoms with van der Waals surface area (Å²) in [5, 5.41) is 7.10. The van der Waals surface area contributed by atoms with Gasteiger partial charge in [0.05, 0.1) is 5.69 Å². The van der Waals surface area contributed by atoms with Crippen LogP contribution in [-0.2, 0) is 0 Å². The van der Waals surface area contributed by atoms with Gasteiger partial charge in [-0.1, -0.05) is 176 Å². The average molecular weight is 740 g/mol. The molecule has 0 saturated carbocycles. The topological polar surface area (TPSA) is 16.4 Å². The smallest absolute Gasteiger partial charge is 0.136 e. The molecule has 0 unspecified atom stereocenters. The van der Waals surface area contributed by atoms with Crippen molar-refractivity contribution in [2.24, 2.45) is 0 Å². The van der Waals surface area contributed by atoms with Gasteiger partial charge in [-0.25, -0.2) is 0 Å². The molecule has 0 aliphatic heterocycles. The number of nitrogens with zero attached hydrogens (tertiary/aromatic N) is 1. The van der Waals surface area contributed by atoms with Gasteiger partial charge in [0.25, 0.3) is 0 Å². The number of anilines is 3. The van der Waals surface area contributed by atoms with Crippen molar-refractivity contribution in [2.75, 3.05) is 4.90 Å². The van der Waals surface area contributed by atoms with Crippen LogP contribution in [0.4, 0.5) is 17.1 Å². The quantitative estimate of drug-likeness (QED) is 0.162. The molecule has 1 aromatic heterocycles. The molecule has 11 rings (SSSR count). The predicted octanol–water partition coefficient (Wildman–Crippen LogP) is 16.0. The Kier molecular flexibility index (Phi) is 8.19. The summed E-state index contributed by atoms with van der Waals surface area (Å²) in [7, 11) is 0. The monoisotopic (exact) mass is 739 g/mol. The van der Waals surface area contributed by atoms with Crippen molar-refractivity contribution in [1.29, 1.82) is 0 Å². The first kappa shape index (κ1) is 33.6. The highest BCUT2D eigenvalue weighted by Crippen LogP contribution is 2.46. The van der Waals surface area contributed by atoms with Gasteiger partial charge in [-0.15, -0.1) is 0 Å². The molecule has 0 aliphatic carbocycles. The molecule has 58 heavy (non-hydrogen) atoms. The first-order chi connectivity index (χ1) is 28.7. The minimum Gasteiger partial charge on any atom is -0.456 e. The van der Waals surface area contributed by atoms with Crippen molar-refractivity contribution >= 4 is 60.5 Å².